The van der Waals surface area contributed by atoms with E-state index in [0.29, 0.717) is 27.6 Å². The quantitative estimate of drug-likeness (QED) is 0.734. The number of hydrogen-bond acceptors (Lipinski definition) is 3. The van der Waals surface area contributed by atoms with Crippen LogP contribution in [0.15, 0.2) is 65.1 Å². The molecule has 0 fully saturated rings. The topological polar surface area (TPSA) is 62.6 Å². The Morgan fingerprint density at radius 2 is 1.77 bits per heavy atom. The van der Waals surface area contributed by atoms with E-state index in [-0.39, 0.29) is 11.7 Å². The second kappa shape index (κ2) is 7.45. The highest BCUT2D eigenvalue weighted by Gasteiger charge is 2.15. The van der Waals surface area contributed by atoms with Crippen LogP contribution in [0.4, 0.5) is 5.69 Å². The van der Waals surface area contributed by atoms with E-state index < -0.39 is 5.91 Å². The molecule has 3 aromatic rings. The van der Waals surface area contributed by atoms with Gasteiger partial charge in [-0.2, -0.15) is 0 Å². The smallest absolute Gasteiger partial charge is 0.291 e. The van der Waals surface area contributed by atoms with E-state index in [1.54, 1.807) is 56.6 Å². The van der Waals surface area contributed by atoms with Gasteiger partial charge in [-0.15, -0.1) is 0 Å². The van der Waals surface area contributed by atoms with Crippen molar-refractivity contribution in [3.8, 4) is 11.3 Å². The number of rotatable bonds is 4. The SMILES string of the molecule is CN(C)C(=O)c1cccc(NC(=O)c2ccc(-c3ccccc3Cl)o2)c1. The van der Waals surface area contributed by atoms with Crippen LogP contribution in [0.3, 0.4) is 0 Å². The first-order valence-corrected chi connectivity index (χ1v) is 8.31. The largest absolute Gasteiger partial charge is 0.451 e. The number of amides is 2. The Bertz CT molecular complexity index is 963. The second-order valence-electron chi connectivity index (χ2n) is 5.88. The summed E-state index contributed by atoms with van der Waals surface area (Å²) in [6, 6.07) is 17.3. The molecule has 26 heavy (non-hydrogen) atoms. The van der Waals surface area contributed by atoms with Gasteiger partial charge in [-0.3, -0.25) is 9.59 Å². The van der Waals surface area contributed by atoms with Gasteiger partial charge >= 0.3 is 0 Å². The Balaban J connectivity index is 1.78. The van der Waals surface area contributed by atoms with E-state index in [4.69, 9.17) is 16.0 Å². The highest BCUT2D eigenvalue weighted by Crippen LogP contribution is 2.29. The van der Waals surface area contributed by atoms with E-state index in [2.05, 4.69) is 5.32 Å². The molecule has 2 amide bonds. The Kier molecular flexibility index (Phi) is 5.09. The van der Waals surface area contributed by atoms with Crippen molar-refractivity contribution in [2.24, 2.45) is 0 Å². The highest BCUT2D eigenvalue weighted by atomic mass is 35.5. The van der Waals surface area contributed by atoms with Crippen molar-refractivity contribution in [2.45, 2.75) is 0 Å². The number of nitrogens with zero attached hydrogens (tertiary/aromatic N) is 1. The van der Waals surface area contributed by atoms with Gasteiger partial charge in [-0.25, -0.2) is 0 Å². The van der Waals surface area contributed by atoms with E-state index in [9.17, 15) is 9.59 Å². The lowest BCUT2D eigenvalue weighted by molar-refractivity contribution is 0.0827. The van der Waals surface area contributed by atoms with Crippen molar-refractivity contribution in [3.05, 3.63) is 77.0 Å². The first-order valence-electron chi connectivity index (χ1n) is 7.93. The van der Waals surface area contributed by atoms with Crippen LogP contribution in [0.2, 0.25) is 5.02 Å². The fourth-order valence-electron chi connectivity index (χ4n) is 2.45. The number of benzene rings is 2. The monoisotopic (exact) mass is 368 g/mol. The molecular weight excluding hydrogens is 352 g/mol. The van der Waals surface area contributed by atoms with E-state index in [1.807, 2.05) is 18.2 Å². The predicted molar refractivity (Wildman–Crippen MR) is 102 cm³/mol. The Hall–Kier alpha value is -3.05. The summed E-state index contributed by atoms with van der Waals surface area (Å²) in [7, 11) is 3.35. The van der Waals surface area contributed by atoms with Crippen LogP contribution < -0.4 is 5.32 Å². The average Bonchev–Trinajstić information content (AvgIpc) is 3.11. The molecule has 0 saturated carbocycles. The molecule has 0 bridgehead atoms. The predicted octanol–water partition coefficient (Wildman–Crippen LogP) is 4.55. The van der Waals surface area contributed by atoms with Gasteiger partial charge < -0.3 is 14.6 Å². The zero-order valence-electron chi connectivity index (χ0n) is 14.3. The van der Waals surface area contributed by atoms with Gasteiger partial charge in [-0.1, -0.05) is 29.8 Å². The fourth-order valence-corrected chi connectivity index (χ4v) is 2.68. The molecule has 0 aliphatic heterocycles. The molecule has 0 aliphatic rings. The first kappa shape index (κ1) is 17.8. The number of hydrogen-bond donors (Lipinski definition) is 1. The van der Waals surface area contributed by atoms with Gasteiger partial charge in [0.05, 0.1) is 5.02 Å². The maximum absolute atomic E-state index is 12.4. The normalized spacial score (nSPS) is 10.4. The van der Waals surface area contributed by atoms with Crippen molar-refractivity contribution >= 4 is 29.1 Å². The first-order chi connectivity index (χ1) is 12.5. The molecule has 0 saturated heterocycles. The van der Waals surface area contributed by atoms with Gasteiger partial charge in [0, 0.05) is 30.9 Å². The minimum absolute atomic E-state index is 0.139. The van der Waals surface area contributed by atoms with Crippen LogP contribution in [-0.2, 0) is 0 Å². The second-order valence-corrected chi connectivity index (χ2v) is 6.29. The molecule has 2 aromatic carbocycles. The molecule has 0 aliphatic carbocycles. The standard InChI is InChI=1S/C20H17ClN2O3/c1-23(2)20(25)13-6-5-7-14(12-13)22-19(24)18-11-10-17(26-18)15-8-3-4-9-16(15)21/h3-12H,1-2H3,(H,22,24). The lowest BCUT2D eigenvalue weighted by Gasteiger charge is -2.11. The summed E-state index contributed by atoms with van der Waals surface area (Å²) in [5.74, 6) is 0.124. The summed E-state index contributed by atoms with van der Waals surface area (Å²) in [6.45, 7) is 0. The average molecular weight is 369 g/mol. The van der Waals surface area contributed by atoms with E-state index in [1.165, 1.54) is 4.90 Å². The van der Waals surface area contributed by atoms with Crippen LogP contribution >= 0.6 is 11.6 Å². The molecule has 0 unspecified atom stereocenters. The van der Waals surface area contributed by atoms with Gasteiger partial charge in [-0.05, 0) is 42.5 Å². The molecule has 0 spiro atoms. The molecular formula is C20H17ClN2O3. The van der Waals surface area contributed by atoms with E-state index in [0.717, 1.165) is 0 Å². The number of anilines is 1. The molecule has 132 valence electrons. The van der Waals surface area contributed by atoms with Crippen molar-refractivity contribution in [1.82, 2.24) is 4.90 Å². The number of furan rings is 1. The summed E-state index contributed by atoms with van der Waals surface area (Å²) in [5.41, 5.74) is 1.72. The minimum atomic E-state index is -0.405. The maximum atomic E-state index is 12.4. The minimum Gasteiger partial charge on any atom is -0.451 e. The number of carbonyl (C=O) groups is 2. The van der Waals surface area contributed by atoms with Crippen molar-refractivity contribution in [2.75, 3.05) is 19.4 Å². The summed E-state index contributed by atoms with van der Waals surface area (Å²) in [6.07, 6.45) is 0. The highest BCUT2D eigenvalue weighted by molar-refractivity contribution is 6.33. The lowest BCUT2D eigenvalue weighted by atomic mass is 10.2. The molecule has 1 aromatic heterocycles. The number of nitrogens with one attached hydrogen (secondary N) is 1. The fraction of sp³-hybridized carbons (Fsp3) is 0.100. The number of carbonyl (C=O) groups excluding carboxylic acids is 2. The lowest BCUT2D eigenvalue weighted by Crippen LogP contribution is -2.21. The molecule has 1 heterocycles. The summed E-state index contributed by atoms with van der Waals surface area (Å²) in [4.78, 5) is 25.9. The van der Waals surface area contributed by atoms with Crippen LogP contribution in [0, 0.1) is 0 Å². The third kappa shape index (κ3) is 3.78. The van der Waals surface area contributed by atoms with E-state index >= 15 is 0 Å². The van der Waals surface area contributed by atoms with Crippen molar-refractivity contribution < 1.29 is 14.0 Å². The number of halogens is 1. The van der Waals surface area contributed by atoms with Crippen LogP contribution in [0.1, 0.15) is 20.9 Å². The molecule has 3 rings (SSSR count). The zero-order chi connectivity index (χ0) is 18.7. The molecule has 1 N–H and O–H groups in total. The van der Waals surface area contributed by atoms with Crippen LogP contribution in [0.25, 0.3) is 11.3 Å². The third-order valence-corrected chi connectivity index (χ3v) is 4.07. The molecule has 0 atom stereocenters. The summed E-state index contributed by atoms with van der Waals surface area (Å²) >= 11 is 6.15. The maximum Gasteiger partial charge on any atom is 0.291 e. The van der Waals surface area contributed by atoms with Crippen LogP contribution in [0.5, 0.6) is 0 Å². The zero-order valence-corrected chi connectivity index (χ0v) is 15.1. The van der Waals surface area contributed by atoms with Crippen molar-refractivity contribution in [3.63, 3.8) is 0 Å². The van der Waals surface area contributed by atoms with Gasteiger partial charge in [0.25, 0.3) is 11.8 Å². The van der Waals surface area contributed by atoms with Gasteiger partial charge in [0.2, 0.25) is 0 Å². The molecule has 6 heteroatoms. The molecule has 0 radical (unpaired) electrons. The van der Waals surface area contributed by atoms with Crippen molar-refractivity contribution in [1.29, 1.82) is 0 Å². The molecule has 5 nitrogen and oxygen atoms in total. The summed E-state index contributed by atoms with van der Waals surface area (Å²) in [5, 5.41) is 3.28. The Labute approximate surface area is 156 Å². The van der Waals surface area contributed by atoms with Gasteiger partial charge in [0.1, 0.15) is 5.76 Å². The third-order valence-electron chi connectivity index (χ3n) is 3.74. The summed E-state index contributed by atoms with van der Waals surface area (Å²) < 4.78 is 5.63. The Morgan fingerprint density at radius 3 is 2.50 bits per heavy atom. The van der Waals surface area contributed by atoms with Gasteiger partial charge in [0.15, 0.2) is 5.76 Å². The Morgan fingerprint density at radius 1 is 1.00 bits per heavy atom. The van der Waals surface area contributed by atoms with Crippen LogP contribution in [-0.4, -0.2) is 30.8 Å².